The third-order valence-electron chi connectivity index (χ3n) is 9.42. The van der Waals surface area contributed by atoms with Crippen molar-refractivity contribution in [3.8, 4) is 0 Å². The average Bonchev–Trinajstić information content (AvgIpc) is 3.54. The number of hydrogen-bond donors (Lipinski definition) is 2. The van der Waals surface area contributed by atoms with Crippen LogP contribution >= 0.6 is 0 Å². The van der Waals surface area contributed by atoms with Crippen LogP contribution in [0.4, 0.5) is 0 Å². The van der Waals surface area contributed by atoms with Crippen molar-refractivity contribution in [2.75, 3.05) is 0 Å². The van der Waals surface area contributed by atoms with Gasteiger partial charge in [0.15, 0.2) is 0 Å². The zero-order valence-corrected chi connectivity index (χ0v) is 25.8. The van der Waals surface area contributed by atoms with E-state index in [4.69, 9.17) is 9.97 Å². The van der Waals surface area contributed by atoms with Crippen LogP contribution in [0.3, 0.4) is 0 Å². The molecule has 3 unspecified atom stereocenters. The van der Waals surface area contributed by atoms with Gasteiger partial charge in [-0.2, -0.15) is 0 Å². The number of hydrogen-bond acceptors (Lipinski definition) is 2. The highest BCUT2D eigenvalue weighted by molar-refractivity contribution is 5.73. The number of H-pyrrole nitrogens is 2. The number of rotatable bonds is 4. The lowest BCUT2D eigenvalue weighted by Crippen LogP contribution is -2.13. The highest BCUT2D eigenvalue weighted by Crippen LogP contribution is 2.44. The minimum Gasteiger partial charge on any atom is -0.355 e. The fourth-order valence-electron chi connectivity index (χ4n) is 6.88. The molecule has 39 heavy (non-hydrogen) atoms. The van der Waals surface area contributed by atoms with E-state index in [9.17, 15) is 0 Å². The maximum Gasteiger partial charge on any atom is 0.0465 e. The van der Waals surface area contributed by atoms with Crippen LogP contribution in [0.2, 0.25) is 0 Å². The Balaban J connectivity index is 1.89. The summed E-state index contributed by atoms with van der Waals surface area (Å²) >= 11 is 0. The van der Waals surface area contributed by atoms with Gasteiger partial charge >= 0.3 is 0 Å². The number of aryl methyl sites for hydroxylation is 2. The van der Waals surface area contributed by atoms with Crippen LogP contribution in [0.25, 0.3) is 22.1 Å². The zero-order valence-electron chi connectivity index (χ0n) is 25.8. The zero-order chi connectivity index (χ0) is 28.2. The van der Waals surface area contributed by atoms with Gasteiger partial charge in [-0.1, -0.05) is 55.4 Å². The van der Waals surface area contributed by atoms with E-state index in [1.807, 2.05) is 0 Å². The molecule has 5 rings (SSSR count). The van der Waals surface area contributed by atoms with Crippen molar-refractivity contribution in [3.63, 3.8) is 0 Å². The summed E-state index contributed by atoms with van der Waals surface area (Å²) in [4.78, 5) is 18.1. The molecule has 2 N–H and O–H groups in total. The Bertz CT molecular complexity index is 1530. The van der Waals surface area contributed by atoms with Gasteiger partial charge in [0.25, 0.3) is 0 Å². The van der Waals surface area contributed by atoms with Crippen LogP contribution in [0, 0.1) is 19.3 Å². The molecule has 3 aromatic rings. The van der Waals surface area contributed by atoms with Gasteiger partial charge < -0.3 is 9.97 Å². The molecule has 4 heteroatoms. The van der Waals surface area contributed by atoms with Crippen molar-refractivity contribution in [1.82, 2.24) is 19.9 Å². The second kappa shape index (κ2) is 10.3. The number of nitrogens with one attached hydrogen (secondary N) is 2. The molecule has 5 atom stereocenters. The smallest absolute Gasteiger partial charge is 0.0465 e. The van der Waals surface area contributed by atoms with Gasteiger partial charge in [-0.25, -0.2) is 0 Å². The minimum absolute atomic E-state index is 0.223. The Hall–Kier alpha value is -2.88. The second-order valence-electron chi connectivity index (χ2n) is 13.6. The molecule has 2 aliphatic rings. The second-order valence-corrected chi connectivity index (χ2v) is 13.6. The van der Waals surface area contributed by atoms with E-state index in [1.54, 1.807) is 0 Å². The SMILES string of the molecule is CCC1c2cc3[nH]c(cc4nc(cc5[nH]c(cc(n2)C1C)c([C@H](C)CC)c5C)C(C)[C@@H]4CC(C)(C)C)cc3C. The number of aromatic amines is 2. The summed E-state index contributed by atoms with van der Waals surface area (Å²) in [5.41, 5.74) is 13.7. The highest BCUT2D eigenvalue weighted by atomic mass is 14.8. The Morgan fingerprint density at radius 2 is 1.36 bits per heavy atom. The molecule has 3 aromatic heterocycles. The fourth-order valence-corrected chi connectivity index (χ4v) is 6.88. The van der Waals surface area contributed by atoms with E-state index < -0.39 is 0 Å². The third kappa shape index (κ3) is 5.19. The van der Waals surface area contributed by atoms with Crippen molar-refractivity contribution in [2.45, 2.75) is 118 Å². The van der Waals surface area contributed by atoms with Crippen molar-refractivity contribution in [2.24, 2.45) is 5.41 Å². The molecule has 8 bridgehead atoms. The molecule has 0 fully saturated rings. The third-order valence-corrected chi connectivity index (χ3v) is 9.42. The Labute approximate surface area is 235 Å². The van der Waals surface area contributed by atoms with Crippen molar-refractivity contribution < 1.29 is 0 Å². The predicted octanol–water partition coefficient (Wildman–Crippen LogP) is 10.1. The summed E-state index contributed by atoms with van der Waals surface area (Å²) in [5.74, 6) is 2.02. The van der Waals surface area contributed by atoms with Crippen LogP contribution < -0.4 is 0 Å². The largest absolute Gasteiger partial charge is 0.355 e. The standard InChI is InChI=1S/C35H48N4/c1-11-19(3)34-23(7)30-16-28-22(6)26(18-35(8,9)10)31(37-28)14-24-13-20(4)27(36-24)15-32-25(12-2)21(5)29(38-32)17-33(34)39-30/h13-17,19,21-22,25-26,36,39H,11-12,18H2,1-10H3/t19-,21?,22?,25?,26+/m1/s1. The van der Waals surface area contributed by atoms with Crippen LogP contribution in [0.1, 0.15) is 144 Å². The van der Waals surface area contributed by atoms with E-state index in [0.29, 0.717) is 29.6 Å². The molecule has 0 aliphatic carbocycles. The fraction of sp³-hybridized carbons (Fsp3) is 0.543. The lowest BCUT2D eigenvalue weighted by molar-refractivity contribution is 0.325. The van der Waals surface area contributed by atoms with E-state index in [0.717, 1.165) is 30.3 Å². The molecule has 2 aliphatic heterocycles. The molecule has 4 nitrogen and oxygen atoms in total. The summed E-state index contributed by atoms with van der Waals surface area (Å²) in [6.07, 6.45) is 3.29. The molecule has 0 spiro atoms. The van der Waals surface area contributed by atoms with Crippen LogP contribution in [-0.2, 0) is 0 Å². The molecule has 0 saturated heterocycles. The maximum absolute atomic E-state index is 5.31. The Kier molecular flexibility index (Phi) is 7.28. The van der Waals surface area contributed by atoms with Crippen molar-refractivity contribution >= 4 is 22.1 Å². The first-order valence-electron chi connectivity index (χ1n) is 15.1. The average molecular weight is 525 g/mol. The van der Waals surface area contributed by atoms with Gasteiger partial charge in [-0.05, 0) is 91.5 Å². The maximum atomic E-state index is 5.31. The number of nitrogens with zero attached hydrogens (tertiary/aromatic N) is 2. The first-order chi connectivity index (χ1) is 18.4. The normalized spacial score (nSPS) is 22.3. The minimum atomic E-state index is 0.223. The predicted molar refractivity (Wildman–Crippen MR) is 166 cm³/mol. The van der Waals surface area contributed by atoms with Crippen LogP contribution in [0.5, 0.6) is 0 Å². The van der Waals surface area contributed by atoms with Gasteiger partial charge in [0, 0.05) is 68.5 Å². The van der Waals surface area contributed by atoms with E-state index in [-0.39, 0.29) is 5.41 Å². The number of aromatic nitrogens is 4. The van der Waals surface area contributed by atoms with Crippen molar-refractivity contribution in [3.05, 3.63) is 69.8 Å². The monoisotopic (exact) mass is 524 g/mol. The molecule has 0 amide bonds. The molecule has 0 radical (unpaired) electrons. The summed E-state index contributed by atoms with van der Waals surface area (Å²) in [7, 11) is 0. The van der Waals surface area contributed by atoms with E-state index in [1.165, 1.54) is 50.5 Å². The summed E-state index contributed by atoms with van der Waals surface area (Å²) < 4.78 is 0. The molecule has 5 heterocycles. The van der Waals surface area contributed by atoms with Crippen LogP contribution in [0.15, 0.2) is 30.3 Å². The Morgan fingerprint density at radius 1 is 0.769 bits per heavy atom. The molecule has 0 aromatic carbocycles. The first-order valence-corrected chi connectivity index (χ1v) is 15.1. The molecular formula is C35H48N4. The molecule has 0 saturated carbocycles. The number of fused-ring (bicyclic) bond motifs is 8. The highest BCUT2D eigenvalue weighted by Gasteiger charge is 2.32. The summed E-state index contributed by atoms with van der Waals surface area (Å²) in [6, 6.07) is 11.5. The lowest BCUT2D eigenvalue weighted by atomic mass is 9.78. The Morgan fingerprint density at radius 3 is 1.97 bits per heavy atom. The molecular weight excluding hydrogens is 476 g/mol. The van der Waals surface area contributed by atoms with E-state index in [2.05, 4.69) is 110 Å². The van der Waals surface area contributed by atoms with Gasteiger partial charge in [0.05, 0.1) is 0 Å². The van der Waals surface area contributed by atoms with Gasteiger partial charge in [-0.3, -0.25) is 9.97 Å². The van der Waals surface area contributed by atoms with Gasteiger partial charge in [0.1, 0.15) is 0 Å². The quantitative estimate of drug-likeness (QED) is 0.357. The van der Waals surface area contributed by atoms with Gasteiger partial charge in [0.2, 0.25) is 0 Å². The summed E-state index contributed by atoms with van der Waals surface area (Å²) in [5, 5.41) is 0. The van der Waals surface area contributed by atoms with Crippen molar-refractivity contribution in [1.29, 1.82) is 0 Å². The molecule has 208 valence electrons. The lowest BCUT2D eigenvalue weighted by Gasteiger charge is -2.25. The summed E-state index contributed by atoms with van der Waals surface area (Å²) in [6.45, 7) is 23.1. The topological polar surface area (TPSA) is 57.4 Å². The van der Waals surface area contributed by atoms with Gasteiger partial charge in [-0.15, -0.1) is 0 Å². The van der Waals surface area contributed by atoms with Crippen LogP contribution in [-0.4, -0.2) is 19.9 Å². The van der Waals surface area contributed by atoms with E-state index >= 15 is 0 Å². The first kappa shape index (κ1) is 27.7.